The van der Waals surface area contributed by atoms with E-state index in [2.05, 4.69) is 14.9 Å². The van der Waals surface area contributed by atoms with Crippen LogP contribution in [0.2, 0.25) is 0 Å². The van der Waals surface area contributed by atoms with Crippen LogP contribution in [0.3, 0.4) is 0 Å². The minimum Gasteiger partial charge on any atom is -0.409 e. The van der Waals surface area contributed by atoms with E-state index in [0.29, 0.717) is 12.4 Å². The Morgan fingerprint density at radius 3 is 2.71 bits per heavy atom. The van der Waals surface area contributed by atoms with E-state index in [4.69, 9.17) is 10.9 Å². The lowest BCUT2D eigenvalue weighted by Gasteiger charge is -2.22. The van der Waals surface area contributed by atoms with Gasteiger partial charge in [0.1, 0.15) is 11.7 Å². The molecule has 0 bridgehead atoms. The summed E-state index contributed by atoms with van der Waals surface area (Å²) < 4.78 is 28.7. The highest BCUT2D eigenvalue weighted by Gasteiger charge is 2.27. The van der Waals surface area contributed by atoms with Gasteiger partial charge in [-0.15, -0.1) is 0 Å². The number of oxime groups is 1. The highest BCUT2D eigenvalue weighted by atomic mass is 32.2. The number of hydrogen-bond donors (Lipinski definition) is 3. The monoisotopic (exact) mass is 317 g/mol. The molecule has 0 spiro atoms. The lowest BCUT2D eigenvalue weighted by Crippen LogP contribution is -2.42. The Labute approximate surface area is 125 Å². The van der Waals surface area contributed by atoms with E-state index in [1.54, 1.807) is 25.3 Å². The summed E-state index contributed by atoms with van der Waals surface area (Å²) in [5.74, 6) is 0.603. The van der Waals surface area contributed by atoms with Gasteiger partial charge in [0.25, 0.3) is 10.0 Å². The van der Waals surface area contributed by atoms with E-state index in [9.17, 15) is 8.42 Å². The molecule has 0 aliphatic carbocycles. The molecule has 8 nitrogen and oxygen atoms in total. The number of aromatic nitrogens is 2. The number of nitrogens with one attached hydrogen (secondary N) is 1. The fourth-order valence-corrected chi connectivity index (χ4v) is 2.87. The molecular weight excluding hydrogens is 294 g/mol. The Kier molecular flexibility index (Phi) is 5.35. The van der Waals surface area contributed by atoms with Crippen molar-refractivity contribution in [2.24, 2.45) is 16.3 Å². The van der Waals surface area contributed by atoms with Crippen LogP contribution in [-0.2, 0) is 16.6 Å². The normalized spacial score (nSPS) is 13.6. The molecule has 0 radical (unpaired) electrons. The third kappa shape index (κ3) is 4.18. The Morgan fingerprint density at radius 2 is 2.19 bits per heavy atom. The minimum absolute atomic E-state index is 0.00487. The molecule has 0 amide bonds. The third-order valence-electron chi connectivity index (χ3n) is 3.20. The molecule has 0 unspecified atom stereocenters. The van der Waals surface area contributed by atoms with Gasteiger partial charge in [-0.1, -0.05) is 25.9 Å². The number of imidazole rings is 1. The van der Waals surface area contributed by atoms with Crippen molar-refractivity contribution in [1.82, 2.24) is 14.3 Å². The Hall–Kier alpha value is -1.61. The highest BCUT2D eigenvalue weighted by Crippen LogP contribution is 2.16. The molecule has 0 aliphatic rings. The second-order valence-electron chi connectivity index (χ2n) is 5.51. The zero-order valence-electron chi connectivity index (χ0n) is 12.8. The first-order chi connectivity index (χ1) is 9.64. The largest absolute Gasteiger partial charge is 0.409 e. The lowest BCUT2D eigenvalue weighted by atomic mass is 9.93. The maximum atomic E-state index is 12.2. The van der Waals surface area contributed by atoms with Crippen LogP contribution in [0, 0.1) is 12.3 Å². The van der Waals surface area contributed by atoms with E-state index in [1.165, 1.54) is 6.20 Å². The predicted molar refractivity (Wildman–Crippen MR) is 79.6 cm³/mol. The van der Waals surface area contributed by atoms with E-state index in [-0.39, 0.29) is 17.4 Å². The van der Waals surface area contributed by atoms with Crippen molar-refractivity contribution in [3.05, 3.63) is 12.0 Å². The SMILES string of the molecule is CCCn1cc(S(=O)(=O)NCC(C)(C)/C(N)=N/O)nc1C. The summed E-state index contributed by atoms with van der Waals surface area (Å²) in [4.78, 5) is 4.07. The Morgan fingerprint density at radius 1 is 1.57 bits per heavy atom. The first kappa shape index (κ1) is 17.4. The molecule has 1 aromatic rings. The molecule has 0 atom stereocenters. The smallest absolute Gasteiger partial charge is 0.259 e. The maximum Gasteiger partial charge on any atom is 0.259 e. The summed E-state index contributed by atoms with van der Waals surface area (Å²) in [7, 11) is -3.73. The lowest BCUT2D eigenvalue weighted by molar-refractivity contribution is 0.307. The zero-order valence-corrected chi connectivity index (χ0v) is 13.6. The van der Waals surface area contributed by atoms with Crippen LogP contribution in [0.5, 0.6) is 0 Å². The number of sulfonamides is 1. The van der Waals surface area contributed by atoms with E-state index >= 15 is 0 Å². The highest BCUT2D eigenvalue weighted by molar-refractivity contribution is 7.89. The van der Waals surface area contributed by atoms with Crippen LogP contribution in [0.15, 0.2) is 16.4 Å². The fraction of sp³-hybridized carbons (Fsp3) is 0.667. The third-order valence-corrected chi connectivity index (χ3v) is 4.47. The quantitative estimate of drug-likeness (QED) is 0.295. The summed E-state index contributed by atoms with van der Waals surface area (Å²) in [5, 5.41) is 11.6. The molecule has 0 aliphatic heterocycles. The Balaban J connectivity index is 2.90. The summed E-state index contributed by atoms with van der Waals surface area (Å²) in [6.45, 7) is 7.83. The van der Waals surface area contributed by atoms with Crippen molar-refractivity contribution in [2.75, 3.05) is 6.54 Å². The van der Waals surface area contributed by atoms with Gasteiger partial charge in [-0.3, -0.25) is 0 Å². The van der Waals surface area contributed by atoms with Gasteiger partial charge in [0, 0.05) is 24.7 Å². The van der Waals surface area contributed by atoms with Crippen molar-refractivity contribution in [2.45, 2.75) is 45.7 Å². The van der Waals surface area contributed by atoms with E-state index in [1.807, 2.05) is 6.92 Å². The molecule has 120 valence electrons. The molecule has 4 N–H and O–H groups in total. The number of nitrogens with zero attached hydrogens (tertiary/aromatic N) is 3. The topological polar surface area (TPSA) is 123 Å². The van der Waals surface area contributed by atoms with Gasteiger partial charge in [-0.2, -0.15) is 0 Å². The van der Waals surface area contributed by atoms with E-state index < -0.39 is 15.4 Å². The minimum atomic E-state index is -3.73. The van der Waals surface area contributed by atoms with Gasteiger partial charge < -0.3 is 15.5 Å². The van der Waals surface area contributed by atoms with Crippen LogP contribution in [0.4, 0.5) is 0 Å². The van der Waals surface area contributed by atoms with Gasteiger partial charge >= 0.3 is 0 Å². The number of hydrogen-bond acceptors (Lipinski definition) is 5. The van der Waals surface area contributed by atoms with Crippen LogP contribution in [0.25, 0.3) is 0 Å². The van der Waals surface area contributed by atoms with Crippen LogP contribution in [0.1, 0.15) is 33.0 Å². The first-order valence-corrected chi connectivity index (χ1v) is 8.14. The number of amidine groups is 1. The van der Waals surface area contributed by atoms with Crippen LogP contribution in [-0.4, -0.2) is 35.6 Å². The molecule has 9 heteroatoms. The fourth-order valence-electron chi connectivity index (χ4n) is 1.65. The van der Waals surface area contributed by atoms with Crippen LogP contribution < -0.4 is 10.5 Å². The summed E-state index contributed by atoms with van der Waals surface area (Å²) in [5.41, 5.74) is 4.73. The van der Waals surface area contributed by atoms with Crippen molar-refractivity contribution < 1.29 is 13.6 Å². The van der Waals surface area contributed by atoms with E-state index in [0.717, 1.165) is 6.42 Å². The van der Waals surface area contributed by atoms with Crippen molar-refractivity contribution in [3.63, 3.8) is 0 Å². The molecule has 0 fully saturated rings. The number of aryl methyl sites for hydroxylation is 2. The molecule has 1 rings (SSSR count). The molecule has 1 aromatic heterocycles. The Bertz CT molecular complexity index is 619. The molecule has 0 aromatic carbocycles. The zero-order chi connectivity index (χ0) is 16.3. The summed E-state index contributed by atoms with van der Waals surface area (Å²) in [6.07, 6.45) is 2.40. The standard InChI is InChI=1S/C12H23N5O3S/c1-5-6-17-7-10(15-9(17)2)21(19,20)14-8-12(3,4)11(13)16-18/h7,14,18H,5-6,8H2,1-4H3,(H2,13,16). The van der Waals surface area contributed by atoms with Crippen molar-refractivity contribution in [3.8, 4) is 0 Å². The molecular formula is C12H23N5O3S. The van der Waals surface area contributed by atoms with Gasteiger partial charge in [-0.05, 0) is 13.3 Å². The first-order valence-electron chi connectivity index (χ1n) is 6.65. The van der Waals surface area contributed by atoms with Crippen LogP contribution >= 0.6 is 0 Å². The average Bonchev–Trinajstić information content (AvgIpc) is 2.78. The van der Waals surface area contributed by atoms with Crippen molar-refractivity contribution in [1.29, 1.82) is 0 Å². The van der Waals surface area contributed by atoms with Crippen molar-refractivity contribution >= 4 is 15.9 Å². The summed E-state index contributed by atoms with van der Waals surface area (Å²) in [6, 6.07) is 0. The second kappa shape index (κ2) is 6.44. The van der Waals surface area contributed by atoms with Gasteiger partial charge in [-0.25, -0.2) is 18.1 Å². The molecule has 0 saturated heterocycles. The predicted octanol–water partition coefficient (Wildman–Crippen LogP) is 0.652. The number of rotatable bonds is 7. The van der Waals surface area contributed by atoms with Gasteiger partial charge in [0.05, 0.1) is 0 Å². The molecule has 21 heavy (non-hydrogen) atoms. The molecule has 1 heterocycles. The number of nitrogens with two attached hydrogens (primary N) is 1. The second-order valence-corrected chi connectivity index (χ2v) is 7.23. The van der Waals surface area contributed by atoms with Gasteiger partial charge in [0.2, 0.25) is 0 Å². The van der Waals surface area contributed by atoms with Gasteiger partial charge in [0.15, 0.2) is 5.03 Å². The summed E-state index contributed by atoms with van der Waals surface area (Å²) >= 11 is 0. The maximum absolute atomic E-state index is 12.2. The molecule has 0 saturated carbocycles. The average molecular weight is 317 g/mol.